The van der Waals surface area contributed by atoms with Crippen molar-refractivity contribution in [2.24, 2.45) is 11.8 Å². The van der Waals surface area contributed by atoms with Crippen LogP contribution in [0.3, 0.4) is 0 Å². The molecular weight excluding hydrogens is 202 g/mol. The van der Waals surface area contributed by atoms with Gasteiger partial charge in [0.1, 0.15) is 0 Å². The van der Waals surface area contributed by atoms with Crippen LogP contribution in [0.25, 0.3) is 0 Å². The summed E-state index contributed by atoms with van der Waals surface area (Å²) in [4.78, 5) is 3.03. The lowest BCUT2D eigenvalue weighted by molar-refractivity contribution is 0.374. The Morgan fingerprint density at radius 2 is 2.20 bits per heavy atom. The van der Waals surface area contributed by atoms with Crippen molar-refractivity contribution in [1.82, 2.24) is 5.32 Å². The minimum absolute atomic E-state index is 0.572. The lowest BCUT2D eigenvalue weighted by Gasteiger charge is -2.22. The molecule has 1 nitrogen and oxygen atoms in total. The normalized spacial score (nSPS) is 20.2. The molecule has 2 unspecified atom stereocenters. The molecule has 0 bridgehead atoms. The summed E-state index contributed by atoms with van der Waals surface area (Å²) in [5.74, 6) is 1.76. The van der Waals surface area contributed by atoms with Gasteiger partial charge in [-0.1, -0.05) is 13.8 Å². The molecule has 1 aliphatic carbocycles. The first-order chi connectivity index (χ1) is 7.26. The summed E-state index contributed by atoms with van der Waals surface area (Å²) in [7, 11) is 2.09. The van der Waals surface area contributed by atoms with Crippen molar-refractivity contribution in [2.75, 3.05) is 7.05 Å². The Morgan fingerprint density at radius 1 is 1.47 bits per heavy atom. The third-order valence-corrected chi connectivity index (χ3v) is 4.85. The van der Waals surface area contributed by atoms with E-state index in [1.165, 1.54) is 29.0 Å². The topological polar surface area (TPSA) is 12.0 Å². The standard InChI is InChI=1S/C13H21NS/c1-4-11-7-8-12(15-11)13(14-3)9(2)10-5-6-10/h7-10,13-14H,4-6H2,1-3H3. The maximum absolute atomic E-state index is 3.49. The molecule has 2 rings (SSSR count). The summed E-state index contributed by atoms with van der Waals surface area (Å²) < 4.78 is 0. The van der Waals surface area contributed by atoms with Gasteiger partial charge in [-0.2, -0.15) is 0 Å². The lowest BCUT2D eigenvalue weighted by atomic mass is 9.95. The van der Waals surface area contributed by atoms with Crippen LogP contribution in [0.1, 0.15) is 42.5 Å². The van der Waals surface area contributed by atoms with Gasteiger partial charge in [0.25, 0.3) is 0 Å². The van der Waals surface area contributed by atoms with Gasteiger partial charge < -0.3 is 5.32 Å². The lowest BCUT2D eigenvalue weighted by Crippen LogP contribution is -2.23. The highest BCUT2D eigenvalue weighted by atomic mass is 32.1. The zero-order chi connectivity index (χ0) is 10.8. The van der Waals surface area contributed by atoms with Gasteiger partial charge in [0.05, 0.1) is 0 Å². The third kappa shape index (κ3) is 2.43. The number of nitrogens with one attached hydrogen (secondary N) is 1. The summed E-state index contributed by atoms with van der Waals surface area (Å²) in [6.45, 7) is 4.62. The first-order valence-corrected chi connectivity index (χ1v) is 6.83. The van der Waals surface area contributed by atoms with Crippen molar-refractivity contribution >= 4 is 11.3 Å². The summed E-state index contributed by atoms with van der Waals surface area (Å²) in [5, 5.41) is 3.49. The zero-order valence-electron chi connectivity index (χ0n) is 9.92. The molecule has 1 aromatic rings. The van der Waals surface area contributed by atoms with E-state index in [9.17, 15) is 0 Å². The van der Waals surface area contributed by atoms with Crippen molar-refractivity contribution in [2.45, 2.75) is 39.2 Å². The van der Waals surface area contributed by atoms with Crippen LogP contribution >= 0.6 is 11.3 Å². The van der Waals surface area contributed by atoms with E-state index in [2.05, 4.69) is 38.3 Å². The highest BCUT2D eigenvalue weighted by Crippen LogP contribution is 2.43. The van der Waals surface area contributed by atoms with Crippen LogP contribution in [0.15, 0.2) is 12.1 Å². The minimum Gasteiger partial charge on any atom is -0.312 e. The third-order valence-electron chi connectivity index (χ3n) is 3.54. The average Bonchev–Trinajstić information content (AvgIpc) is 3.00. The number of aryl methyl sites for hydroxylation is 1. The first kappa shape index (κ1) is 11.2. The van der Waals surface area contributed by atoms with Gasteiger partial charge in [-0.25, -0.2) is 0 Å². The summed E-state index contributed by atoms with van der Waals surface area (Å²) >= 11 is 1.98. The largest absolute Gasteiger partial charge is 0.312 e. The second-order valence-corrected chi connectivity index (χ2v) is 5.82. The molecule has 0 amide bonds. The monoisotopic (exact) mass is 223 g/mol. The van der Waals surface area contributed by atoms with Gasteiger partial charge in [0, 0.05) is 15.8 Å². The number of thiophene rings is 1. The molecule has 1 fully saturated rings. The van der Waals surface area contributed by atoms with Crippen molar-refractivity contribution in [1.29, 1.82) is 0 Å². The van der Waals surface area contributed by atoms with Crippen LogP contribution in [0.5, 0.6) is 0 Å². The molecule has 0 saturated heterocycles. The van der Waals surface area contributed by atoms with Crippen LogP contribution in [0, 0.1) is 11.8 Å². The second kappa shape index (κ2) is 4.67. The van der Waals surface area contributed by atoms with Gasteiger partial charge in [-0.05, 0) is 50.3 Å². The van der Waals surface area contributed by atoms with Gasteiger partial charge in [0.15, 0.2) is 0 Å². The van der Waals surface area contributed by atoms with Crippen LogP contribution in [0.4, 0.5) is 0 Å². The fraction of sp³-hybridized carbons (Fsp3) is 0.692. The van der Waals surface area contributed by atoms with E-state index in [0.29, 0.717) is 6.04 Å². The predicted molar refractivity (Wildman–Crippen MR) is 67.4 cm³/mol. The first-order valence-electron chi connectivity index (χ1n) is 6.02. The predicted octanol–water partition coefficient (Wildman–Crippen LogP) is 3.62. The van der Waals surface area contributed by atoms with Crippen molar-refractivity contribution in [3.8, 4) is 0 Å². The Morgan fingerprint density at radius 3 is 2.67 bits per heavy atom. The highest BCUT2D eigenvalue weighted by Gasteiger charge is 2.33. The molecule has 84 valence electrons. The molecule has 1 aromatic heterocycles. The van der Waals surface area contributed by atoms with Gasteiger partial charge >= 0.3 is 0 Å². The van der Waals surface area contributed by atoms with Crippen LogP contribution in [-0.2, 0) is 6.42 Å². The summed E-state index contributed by atoms with van der Waals surface area (Å²) in [6.07, 6.45) is 4.04. The molecular formula is C13H21NS. The SMILES string of the molecule is CCc1ccc(C(NC)C(C)C2CC2)s1. The molecule has 1 aliphatic rings. The number of rotatable bonds is 5. The average molecular weight is 223 g/mol. The van der Waals surface area contributed by atoms with E-state index in [1.54, 1.807) is 0 Å². The fourth-order valence-electron chi connectivity index (χ4n) is 2.31. The van der Waals surface area contributed by atoms with E-state index in [0.717, 1.165) is 11.8 Å². The van der Waals surface area contributed by atoms with Crippen LogP contribution < -0.4 is 5.32 Å². The zero-order valence-corrected chi connectivity index (χ0v) is 10.7. The fourth-order valence-corrected chi connectivity index (χ4v) is 3.49. The maximum Gasteiger partial charge on any atom is 0.0441 e. The summed E-state index contributed by atoms with van der Waals surface area (Å²) in [6, 6.07) is 5.16. The van der Waals surface area contributed by atoms with E-state index in [4.69, 9.17) is 0 Å². The van der Waals surface area contributed by atoms with Crippen molar-refractivity contribution in [3.63, 3.8) is 0 Å². The quantitative estimate of drug-likeness (QED) is 0.804. The van der Waals surface area contributed by atoms with E-state index < -0.39 is 0 Å². The second-order valence-electron chi connectivity index (χ2n) is 4.62. The van der Waals surface area contributed by atoms with E-state index in [1.807, 2.05) is 11.3 Å². The van der Waals surface area contributed by atoms with Crippen LogP contribution in [0.2, 0.25) is 0 Å². The Bertz CT molecular complexity index is 314. The molecule has 15 heavy (non-hydrogen) atoms. The summed E-state index contributed by atoms with van der Waals surface area (Å²) in [5.41, 5.74) is 0. The Kier molecular flexibility index (Phi) is 3.47. The molecule has 0 spiro atoms. The highest BCUT2D eigenvalue weighted by molar-refractivity contribution is 7.12. The molecule has 0 aliphatic heterocycles. The molecule has 2 atom stereocenters. The minimum atomic E-state index is 0.572. The Labute approximate surface area is 96.9 Å². The number of hydrogen-bond donors (Lipinski definition) is 1. The molecule has 0 radical (unpaired) electrons. The molecule has 1 heterocycles. The molecule has 1 saturated carbocycles. The molecule has 0 aromatic carbocycles. The van der Waals surface area contributed by atoms with E-state index in [-0.39, 0.29) is 0 Å². The van der Waals surface area contributed by atoms with Gasteiger partial charge in [-0.15, -0.1) is 11.3 Å². The van der Waals surface area contributed by atoms with Gasteiger partial charge in [0.2, 0.25) is 0 Å². The van der Waals surface area contributed by atoms with Crippen molar-refractivity contribution in [3.05, 3.63) is 21.9 Å². The molecule has 1 N–H and O–H groups in total. The van der Waals surface area contributed by atoms with E-state index >= 15 is 0 Å². The van der Waals surface area contributed by atoms with Gasteiger partial charge in [-0.3, -0.25) is 0 Å². The van der Waals surface area contributed by atoms with Crippen LogP contribution in [-0.4, -0.2) is 7.05 Å². The number of hydrogen-bond acceptors (Lipinski definition) is 2. The van der Waals surface area contributed by atoms with Crippen molar-refractivity contribution < 1.29 is 0 Å². The Balaban J connectivity index is 2.10. The molecule has 2 heteroatoms. The smallest absolute Gasteiger partial charge is 0.0441 e. The Hall–Kier alpha value is -0.340. The maximum atomic E-state index is 3.49.